The number of carbonyl (C=O) groups is 1. The first-order valence-corrected chi connectivity index (χ1v) is 12.1. The predicted molar refractivity (Wildman–Crippen MR) is 112 cm³/mol. The van der Waals surface area contributed by atoms with E-state index in [1.165, 1.54) is 22.5 Å². The minimum Gasteiger partial charge on any atom is -0.339 e. The number of nitrogens with zero attached hydrogens (tertiary/aromatic N) is 4. The van der Waals surface area contributed by atoms with Gasteiger partial charge in [-0.25, -0.2) is 12.8 Å². The molecule has 0 saturated carbocycles. The molecule has 0 aromatic heterocycles. The molecule has 1 aromatic rings. The van der Waals surface area contributed by atoms with E-state index in [1.807, 2.05) is 11.9 Å². The van der Waals surface area contributed by atoms with E-state index in [-0.39, 0.29) is 22.3 Å². The van der Waals surface area contributed by atoms with Crippen molar-refractivity contribution in [1.29, 1.82) is 0 Å². The van der Waals surface area contributed by atoms with Crippen LogP contribution in [0.3, 0.4) is 0 Å². The molecule has 166 valence electrons. The SMILES string of the molecule is CN1CCN(C(=O)[C@@H]2CC3(CCN(S(=O)(=O)c4ccccc4F)CC3)CN2C)CC1. The summed E-state index contributed by atoms with van der Waals surface area (Å²) >= 11 is 0. The maximum absolute atomic E-state index is 14.1. The number of halogens is 1. The molecule has 3 aliphatic rings. The normalized spacial score (nSPS) is 26.4. The highest BCUT2D eigenvalue weighted by Crippen LogP contribution is 2.44. The number of amides is 1. The molecule has 1 aromatic carbocycles. The highest BCUT2D eigenvalue weighted by molar-refractivity contribution is 7.89. The third-order valence-electron chi connectivity index (χ3n) is 7.08. The van der Waals surface area contributed by atoms with Crippen LogP contribution in [0.4, 0.5) is 4.39 Å². The fourth-order valence-corrected chi connectivity index (χ4v) is 6.65. The van der Waals surface area contributed by atoms with Gasteiger partial charge in [-0.2, -0.15) is 4.31 Å². The molecule has 0 aliphatic carbocycles. The van der Waals surface area contributed by atoms with Gasteiger partial charge in [0.2, 0.25) is 15.9 Å². The summed E-state index contributed by atoms with van der Waals surface area (Å²) in [4.78, 5) is 19.2. The first-order valence-electron chi connectivity index (χ1n) is 10.6. The van der Waals surface area contributed by atoms with Gasteiger partial charge in [0.25, 0.3) is 0 Å². The lowest BCUT2D eigenvalue weighted by atomic mass is 9.77. The summed E-state index contributed by atoms with van der Waals surface area (Å²) in [5.74, 6) is -0.514. The van der Waals surface area contributed by atoms with Crippen molar-refractivity contribution in [2.75, 3.05) is 59.9 Å². The van der Waals surface area contributed by atoms with Crippen LogP contribution in [0.2, 0.25) is 0 Å². The Morgan fingerprint density at radius 3 is 2.30 bits per heavy atom. The molecule has 0 radical (unpaired) electrons. The van der Waals surface area contributed by atoms with Crippen LogP contribution in [-0.2, 0) is 14.8 Å². The van der Waals surface area contributed by atoms with Crippen molar-refractivity contribution in [3.8, 4) is 0 Å². The van der Waals surface area contributed by atoms with E-state index >= 15 is 0 Å². The molecule has 1 spiro atoms. The number of sulfonamides is 1. The molecule has 0 unspecified atom stereocenters. The van der Waals surface area contributed by atoms with Crippen molar-refractivity contribution < 1.29 is 17.6 Å². The smallest absolute Gasteiger partial charge is 0.245 e. The summed E-state index contributed by atoms with van der Waals surface area (Å²) in [7, 11) is 0.227. The molecule has 4 rings (SSSR count). The van der Waals surface area contributed by atoms with Crippen LogP contribution in [0.5, 0.6) is 0 Å². The van der Waals surface area contributed by atoms with E-state index in [0.717, 1.165) is 39.1 Å². The molecule has 1 amide bonds. The standard InChI is InChI=1S/C21H31FN4O3S/c1-23-11-13-25(14-12-23)20(27)18-15-21(16-24(18)2)7-9-26(10-8-21)30(28,29)19-6-4-3-5-17(19)22/h3-6,18H,7-16H2,1-2H3/t18-/m0/s1. The summed E-state index contributed by atoms with van der Waals surface area (Å²) < 4.78 is 41.2. The van der Waals surface area contributed by atoms with Crippen molar-refractivity contribution in [2.45, 2.75) is 30.2 Å². The second kappa shape index (κ2) is 8.18. The summed E-state index contributed by atoms with van der Waals surface area (Å²) in [6, 6.07) is 5.40. The van der Waals surface area contributed by atoms with Crippen LogP contribution < -0.4 is 0 Å². The first-order chi connectivity index (χ1) is 14.2. The van der Waals surface area contributed by atoms with Crippen LogP contribution in [0.15, 0.2) is 29.2 Å². The fourth-order valence-electron chi connectivity index (χ4n) is 5.14. The Balaban J connectivity index is 1.41. The van der Waals surface area contributed by atoms with Crippen molar-refractivity contribution in [2.24, 2.45) is 5.41 Å². The molecule has 7 nitrogen and oxygen atoms in total. The monoisotopic (exact) mass is 438 g/mol. The molecule has 0 bridgehead atoms. The number of likely N-dealkylation sites (N-methyl/N-ethyl adjacent to an activating group) is 2. The van der Waals surface area contributed by atoms with Crippen molar-refractivity contribution in [3.63, 3.8) is 0 Å². The van der Waals surface area contributed by atoms with E-state index in [0.29, 0.717) is 25.9 Å². The quantitative estimate of drug-likeness (QED) is 0.707. The number of benzene rings is 1. The molecule has 0 N–H and O–H groups in total. The maximum atomic E-state index is 14.1. The van der Waals surface area contributed by atoms with Gasteiger partial charge < -0.3 is 9.80 Å². The largest absolute Gasteiger partial charge is 0.339 e. The van der Waals surface area contributed by atoms with Gasteiger partial charge in [-0.3, -0.25) is 9.69 Å². The Bertz CT molecular complexity index is 893. The van der Waals surface area contributed by atoms with Crippen LogP contribution >= 0.6 is 0 Å². The first kappa shape index (κ1) is 21.7. The molecular weight excluding hydrogens is 407 g/mol. The summed E-state index contributed by atoms with van der Waals surface area (Å²) in [5, 5.41) is 0. The van der Waals surface area contributed by atoms with Crippen LogP contribution in [0, 0.1) is 11.2 Å². The summed E-state index contributed by atoms with van der Waals surface area (Å²) in [6.07, 6.45) is 2.15. The van der Waals surface area contributed by atoms with Crippen molar-refractivity contribution in [1.82, 2.24) is 19.0 Å². The average Bonchev–Trinajstić information content (AvgIpc) is 3.04. The van der Waals surface area contributed by atoms with E-state index < -0.39 is 15.8 Å². The fraction of sp³-hybridized carbons (Fsp3) is 0.667. The number of hydrogen-bond donors (Lipinski definition) is 0. The maximum Gasteiger partial charge on any atom is 0.245 e. The number of piperidine rings is 1. The zero-order valence-corrected chi connectivity index (χ0v) is 18.6. The Labute approximate surface area is 178 Å². The van der Waals surface area contributed by atoms with Gasteiger partial charge in [0.05, 0.1) is 6.04 Å². The number of hydrogen-bond acceptors (Lipinski definition) is 5. The Kier molecular flexibility index (Phi) is 5.91. The van der Waals surface area contributed by atoms with Crippen LogP contribution in [0.1, 0.15) is 19.3 Å². The Morgan fingerprint density at radius 1 is 1.03 bits per heavy atom. The highest BCUT2D eigenvalue weighted by atomic mass is 32.2. The van der Waals surface area contributed by atoms with Crippen LogP contribution in [-0.4, -0.2) is 99.3 Å². The average molecular weight is 439 g/mol. The second-order valence-electron chi connectivity index (χ2n) is 9.10. The third-order valence-corrected chi connectivity index (χ3v) is 9.01. The summed E-state index contributed by atoms with van der Waals surface area (Å²) in [6.45, 7) is 4.85. The number of carbonyl (C=O) groups excluding carboxylic acids is 1. The number of rotatable bonds is 3. The van der Waals surface area contributed by atoms with Gasteiger partial charge >= 0.3 is 0 Å². The zero-order valence-electron chi connectivity index (χ0n) is 17.8. The molecule has 3 heterocycles. The minimum absolute atomic E-state index is 0.0527. The molecule has 30 heavy (non-hydrogen) atoms. The number of likely N-dealkylation sites (tertiary alicyclic amines) is 1. The molecule has 3 saturated heterocycles. The van der Waals surface area contributed by atoms with E-state index in [9.17, 15) is 17.6 Å². The van der Waals surface area contributed by atoms with Crippen molar-refractivity contribution in [3.05, 3.63) is 30.1 Å². The van der Waals surface area contributed by atoms with Gasteiger partial charge in [0, 0.05) is 45.8 Å². The second-order valence-corrected chi connectivity index (χ2v) is 11.0. The summed E-state index contributed by atoms with van der Waals surface area (Å²) in [5.41, 5.74) is -0.0527. The predicted octanol–water partition coefficient (Wildman–Crippen LogP) is 1.07. The van der Waals surface area contributed by atoms with Gasteiger partial charge in [-0.05, 0) is 50.9 Å². The van der Waals surface area contributed by atoms with Crippen LogP contribution in [0.25, 0.3) is 0 Å². The Morgan fingerprint density at radius 2 is 1.67 bits per heavy atom. The number of piperazine rings is 1. The van der Waals surface area contributed by atoms with E-state index in [4.69, 9.17) is 0 Å². The molecule has 3 fully saturated rings. The lowest BCUT2D eigenvalue weighted by molar-refractivity contribution is -0.137. The molecule has 3 aliphatic heterocycles. The molecular formula is C21H31FN4O3S. The molecule has 9 heteroatoms. The van der Waals surface area contributed by atoms with Gasteiger partial charge in [0.15, 0.2) is 0 Å². The zero-order chi connectivity index (χ0) is 21.5. The van der Waals surface area contributed by atoms with Gasteiger partial charge in [-0.1, -0.05) is 12.1 Å². The van der Waals surface area contributed by atoms with Gasteiger partial charge in [-0.15, -0.1) is 0 Å². The minimum atomic E-state index is -3.84. The van der Waals surface area contributed by atoms with Crippen molar-refractivity contribution >= 4 is 15.9 Å². The Hall–Kier alpha value is -1.55. The lowest BCUT2D eigenvalue weighted by Gasteiger charge is -2.38. The topological polar surface area (TPSA) is 64.2 Å². The van der Waals surface area contributed by atoms with E-state index in [2.05, 4.69) is 16.8 Å². The molecule has 1 atom stereocenters. The van der Waals surface area contributed by atoms with Gasteiger partial charge in [0.1, 0.15) is 10.7 Å². The lowest BCUT2D eigenvalue weighted by Crippen LogP contribution is -2.52. The van der Waals surface area contributed by atoms with E-state index in [1.54, 1.807) is 6.07 Å². The highest BCUT2D eigenvalue weighted by Gasteiger charge is 2.49. The third kappa shape index (κ3) is 4.00.